The van der Waals surface area contributed by atoms with Crippen molar-refractivity contribution in [2.24, 2.45) is 0 Å². The van der Waals surface area contributed by atoms with E-state index in [4.69, 9.17) is 5.26 Å². The number of likely N-dealkylation sites (N-methyl/N-ethyl adjacent to an activating group) is 1. The molecule has 4 nitrogen and oxygen atoms in total. The van der Waals surface area contributed by atoms with Gasteiger partial charge in [-0.3, -0.25) is 9.69 Å². The minimum atomic E-state index is -0.168. The molecule has 0 radical (unpaired) electrons. The first-order valence-electron chi connectivity index (χ1n) is 5.45. The maximum atomic E-state index is 11.6. The van der Waals surface area contributed by atoms with Crippen molar-refractivity contribution in [1.82, 2.24) is 10.2 Å². The molecule has 86 valence electrons. The van der Waals surface area contributed by atoms with Gasteiger partial charge in [-0.15, -0.1) is 0 Å². The highest BCUT2D eigenvalue weighted by Gasteiger charge is 2.22. The van der Waals surface area contributed by atoms with Crippen molar-refractivity contribution in [2.45, 2.75) is 46.2 Å². The predicted octanol–water partition coefficient (Wildman–Crippen LogP) is 1.14. The Labute approximate surface area is 92.3 Å². The fourth-order valence-corrected chi connectivity index (χ4v) is 1.55. The molecule has 4 heteroatoms. The highest BCUT2D eigenvalue weighted by atomic mass is 16.2. The van der Waals surface area contributed by atoms with Gasteiger partial charge >= 0.3 is 0 Å². The Bertz CT molecular complexity index is 232. The molecule has 0 aromatic rings. The molecule has 0 spiro atoms. The third-order valence-corrected chi connectivity index (χ3v) is 2.37. The van der Waals surface area contributed by atoms with Crippen molar-refractivity contribution in [2.75, 3.05) is 13.1 Å². The van der Waals surface area contributed by atoms with E-state index in [9.17, 15) is 4.79 Å². The number of carbonyl (C=O) groups excluding carboxylic acids is 1. The van der Waals surface area contributed by atoms with Crippen molar-refractivity contribution in [1.29, 1.82) is 5.26 Å². The summed E-state index contributed by atoms with van der Waals surface area (Å²) in [5.74, 6) is 0.0316. The monoisotopic (exact) mass is 211 g/mol. The molecule has 1 unspecified atom stereocenters. The summed E-state index contributed by atoms with van der Waals surface area (Å²) in [6.45, 7) is 9.14. The van der Waals surface area contributed by atoms with Gasteiger partial charge in [0.2, 0.25) is 5.91 Å². The summed E-state index contributed by atoms with van der Waals surface area (Å²) in [7, 11) is 0. The summed E-state index contributed by atoms with van der Waals surface area (Å²) in [6, 6.07) is 2.21. The summed E-state index contributed by atoms with van der Waals surface area (Å²) < 4.78 is 0. The van der Waals surface area contributed by atoms with Crippen molar-refractivity contribution in [3.8, 4) is 6.07 Å². The highest BCUT2D eigenvalue weighted by Crippen LogP contribution is 2.06. The normalized spacial score (nSPS) is 12.6. The molecule has 0 saturated heterocycles. The van der Waals surface area contributed by atoms with E-state index < -0.39 is 0 Å². The fraction of sp³-hybridized carbons (Fsp3) is 0.818. The van der Waals surface area contributed by atoms with E-state index in [1.165, 1.54) is 0 Å². The lowest BCUT2D eigenvalue weighted by atomic mass is 10.2. The minimum absolute atomic E-state index is 0.0316. The van der Waals surface area contributed by atoms with Gasteiger partial charge in [0, 0.05) is 25.6 Å². The van der Waals surface area contributed by atoms with Crippen LogP contribution >= 0.6 is 0 Å². The van der Waals surface area contributed by atoms with Crippen LogP contribution in [0.25, 0.3) is 0 Å². The lowest BCUT2D eigenvalue weighted by Crippen LogP contribution is -2.48. The van der Waals surface area contributed by atoms with Gasteiger partial charge in [-0.25, -0.2) is 0 Å². The Kier molecular flexibility index (Phi) is 6.72. The lowest BCUT2D eigenvalue weighted by Gasteiger charge is -2.30. The number of amides is 1. The van der Waals surface area contributed by atoms with Gasteiger partial charge in [-0.05, 0) is 27.7 Å². The summed E-state index contributed by atoms with van der Waals surface area (Å²) >= 11 is 0. The van der Waals surface area contributed by atoms with Crippen molar-refractivity contribution >= 4 is 5.91 Å². The summed E-state index contributed by atoms with van der Waals surface area (Å²) in [6.07, 6.45) is 0.460. The Morgan fingerprint density at radius 2 is 2.07 bits per heavy atom. The van der Waals surface area contributed by atoms with Crippen molar-refractivity contribution in [3.05, 3.63) is 0 Å². The topological polar surface area (TPSA) is 56.1 Å². The molecule has 0 saturated carbocycles. The van der Waals surface area contributed by atoms with Crippen LogP contribution in [0.5, 0.6) is 0 Å². The Morgan fingerprint density at radius 3 is 2.47 bits per heavy atom. The number of carbonyl (C=O) groups is 1. The first-order chi connectivity index (χ1) is 7.04. The van der Waals surface area contributed by atoms with E-state index in [-0.39, 0.29) is 18.0 Å². The number of hydrogen-bond donors (Lipinski definition) is 1. The quantitative estimate of drug-likeness (QED) is 0.716. The number of rotatable bonds is 6. The maximum absolute atomic E-state index is 11.6. The van der Waals surface area contributed by atoms with E-state index in [1.807, 2.05) is 32.6 Å². The second-order valence-electron chi connectivity index (χ2n) is 3.81. The van der Waals surface area contributed by atoms with E-state index in [1.54, 1.807) is 0 Å². The summed E-state index contributed by atoms with van der Waals surface area (Å²) in [4.78, 5) is 13.7. The van der Waals surface area contributed by atoms with E-state index in [2.05, 4.69) is 11.4 Å². The third kappa shape index (κ3) is 4.80. The first-order valence-corrected chi connectivity index (χ1v) is 5.45. The Morgan fingerprint density at radius 1 is 1.47 bits per heavy atom. The fourth-order valence-electron chi connectivity index (χ4n) is 1.55. The van der Waals surface area contributed by atoms with Crippen LogP contribution in [-0.2, 0) is 4.79 Å². The summed E-state index contributed by atoms with van der Waals surface area (Å²) in [5.41, 5.74) is 0. The van der Waals surface area contributed by atoms with Crippen LogP contribution in [0.1, 0.15) is 34.1 Å². The largest absolute Gasteiger partial charge is 0.355 e. The summed E-state index contributed by atoms with van der Waals surface area (Å²) in [5, 5.41) is 11.3. The van der Waals surface area contributed by atoms with Crippen LogP contribution in [0.4, 0.5) is 0 Å². The second-order valence-corrected chi connectivity index (χ2v) is 3.81. The first kappa shape index (κ1) is 13.9. The molecular weight excluding hydrogens is 190 g/mol. The smallest absolute Gasteiger partial charge is 0.237 e. The maximum Gasteiger partial charge on any atom is 0.237 e. The second kappa shape index (κ2) is 7.24. The van der Waals surface area contributed by atoms with Gasteiger partial charge in [-0.1, -0.05) is 0 Å². The molecule has 1 atom stereocenters. The van der Waals surface area contributed by atoms with Crippen LogP contribution in [0.3, 0.4) is 0 Å². The average Bonchev–Trinajstić information content (AvgIpc) is 2.18. The number of nitrogens with zero attached hydrogens (tertiary/aromatic N) is 2. The zero-order valence-electron chi connectivity index (χ0n) is 10.1. The minimum Gasteiger partial charge on any atom is -0.355 e. The molecule has 0 fully saturated rings. The van der Waals surface area contributed by atoms with Crippen LogP contribution in [0, 0.1) is 11.3 Å². The van der Waals surface area contributed by atoms with E-state index >= 15 is 0 Å². The van der Waals surface area contributed by atoms with Crippen molar-refractivity contribution in [3.63, 3.8) is 0 Å². The number of nitrogens with one attached hydrogen (secondary N) is 1. The van der Waals surface area contributed by atoms with Crippen molar-refractivity contribution < 1.29 is 4.79 Å². The van der Waals surface area contributed by atoms with Crippen LogP contribution in [0.15, 0.2) is 0 Å². The highest BCUT2D eigenvalue weighted by molar-refractivity contribution is 5.81. The zero-order valence-corrected chi connectivity index (χ0v) is 10.1. The molecule has 0 aromatic carbocycles. The third-order valence-electron chi connectivity index (χ3n) is 2.37. The molecule has 1 amide bonds. The Balaban J connectivity index is 4.34. The van der Waals surface area contributed by atoms with Gasteiger partial charge < -0.3 is 5.32 Å². The van der Waals surface area contributed by atoms with Gasteiger partial charge in [-0.2, -0.15) is 5.26 Å². The Hall–Kier alpha value is -1.08. The average molecular weight is 211 g/mol. The van der Waals surface area contributed by atoms with Crippen LogP contribution in [-0.4, -0.2) is 36.0 Å². The van der Waals surface area contributed by atoms with Crippen LogP contribution in [0.2, 0.25) is 0 Å². The number of nitriles is 1. The molecule has 0 aliphatic heterocycles. The molecule has 15 heavy (non-hydrogen) atoms. The lowest BCUT2D eigenvalue weighted by molar-refractivity contribution is -0.126. The van der Waals surface area contributed by atoms with E-state index in [0.29, 0.717) is 19.5 Å². The van der Waals surface area contributed by atoms with Gasteiger partial charge in [0.15, 0.2) is 0 Å². The molecule has 0 aliphatic rings. The van der Waals surface area contributed by atoms with Gasteiger partial charge in [0.1, 0.15) is 0 Å². The molecule has 0 aliphatic carbocycles. The molecule has 0 rings (SSSR count). The molecular formula is C11H21N3O. The SMILES string of the molecule is CCNC(=O)C(C)N(CCC#N)C(C)C. The van der Waals surface area contributed by atoms with E-state index in [0.717, 1.165) is 0 Å². The molecule has 0 bridgehead atoms. The predicted molar refractivity (Wildman–Crippen MR) is 60.2 cm³/mol. The zero-order chi connectivity index (χ0) is 11.8. The standard InChI is InChI=1S/C11H21N3O/c1-5-13-11(15)10(4)14(9(2)3)8-6-7-12/h9-10H,5-6,8H2,1-4H3,(H,13,15). The molecule has 0 aromatic heterocycles. The molecule has 1 N–H and O–H groups in total. The van der Waals surface area contributed by atoms with Gasteiger partial charge in [0.25, 0.3) is 0 Å². The number of hydrogen-bond acceptors (Lipinski definition) is 3. The van der Waals surface area contributed by atoms with Crippen LogP contribution < -0.4 is 5.32 Å². The van der Waals surface area contributed by atoms with Gasteiger partial charge in [0.05, 0.1) is 12.1 Å². The molecule has 0 heterocycles.